The lowest BCUT2D eigenvalue weighted by Crippen LogP contribution is -2.40. The maximum atomic E-state index is 12.6. The largest absolute Gasteiger partial charge is 0.441 e. The van der Waals surface area contributed by atoms with Crippen LogP contribution in [0.3, 0.4) is 0 Å². The number of carbonyl (C=O) groups excluding carboxylic acids is 1. The third kappa shape index (κ3) is 6.06. The van der Waals surface area contributed by atoms with Crippen molar-refractivity contribution >= 4 is 5.91 Å². The van der Waals surface area contributed by atoms with Crippen molar-refractivity contribution in [2.75, 3.05) is 26.7 Å². The van der Waals surface area contributed by atoms with Crippen molar-refractivity contribution in [2.24, 2.45) is 5.92 Å². The average molecular weight is 454 g/mol. The second-order valence-electron chi connectivity index (χ2n) is 8.52. The molecule has 4 rings (SSSR count). The molecule has 9 heteroatoms. The first kappa shape index (κ1) is 23.1. The molecule has 1 fully saturated rings. The van der Waals surface area contributed by atoms with Crippen LogP contribution in [0.15, 0.2) is 33.2 Å². The molecular weight excluding hydrogens is 422 g/mol. The number of rotatable bonds is 9. The SMILES string of the molecule is COCc1nc(CCNC(=O)C2CCN(Cc3nc(-c4ccc(C)cc4)oc3C)CC2)no1. The molecule has 9 nitrogen and oxygen atoms in total. The van der Waals surface area contributed by atoms with Crippen molar-refractivity contribution in [1.82, 2.24) is 25.3 Å². The first-order valence-corrected chi connectivity index (χ1v) is 11.4. The quantitative estimate of drug-likeness (QED) is 0.527. The minimum atomic E-state index is 0.0251. The first-order valence-electron chi connectivity index (χ1n) is 11.4. The highest BCUT2D eigenvalue weighted by Gasteiger charge is 2.26. The topological polar surface area (TPSA) is 107 Å². The molecule has 1 aliphatic rings. The molecular formula is C24H31N5O4. The van der Waals surface area contributed by atoms with Crippen molar-refractivity contribution in [2.45, 2.75) is 46.3 Å². The molecule has 176 valence electrons. The van der Waals surface area contributed by atoms with E-state index in [0.29, 0.717) is 37.2 Å². The van der Waals surface area contributed by atoms with E-state index in [2.05, 4.69) is 39.4 Å². The van der Waals surface area contributed by atoms with Gasteiger partial charge in [-0.3, -0.25) is 9.69 Å². The van der Waals surface area contributed by atoms with Gasteiger partial charge >= 0.3 is 0 Å². The van der Waals surface area contributed by atoms with Crippen LogP contribution in [0, 0.1) is 19.8 Å². The monoisotopic (exact) mass is 453 g/mol. The maximum Gasteiger partial charge on any atom is 0.252 e. The van der Waals surface area contributed by atoms with Gasteiger partial charge in [-0.2, -0.15) is 4.98 Å². The lowest BCUT2D eigenvalue weighted by molar-refractivity contribution is -0.126. The Hall–Kier alpha value is -3.04. The van der Waals surface area contributed by atoms with Crippen molar-refractivity contribution in [3.05, 3.63) is 53.0 Å². The van der Waals surface area contributed by atoms with Crippen LogP contribution in [0.2, 0.25) is 0 Å². The summed E-state index contributed by atoms with van der Waals surface area (Å²) in [5, 5.41) is 6.89. The van der Waals surface area contributed by atoms with Gasteiger partial charge in [-0.25, -0.2) is 4.98 Å². The highest BCUT2D eigenvalue weighted by Crippen LogP contribution is 2.25. The summed E-state index contributed by atoms with van der Waals surface area (Å²) in [5.41, 5.74) is 3.16. The van der Waals surface area contributed by atoms with Crippen molar-refractivity contribution < 1.29 is 18.5 Å². The Morgan fingerprint density at radius 3 is 2.67 bits per heavy atom. The molecule has 1 aliphatic heterocycles. The molecule has 1 aromatic carbocycles. The predicted molar refractivity (Wildman–Crippen MR) is 121 cm³/mol. The lowest BCUT2D eigenvalue weighted by atomic mass is 9.95. The number of hydrogen-bond donors (Lipinski definition) is 1. The Morgan fingerprint density at radius 1 is 1.18 bits per heavy atom. The van der Waals surface area contributed by atoms with E-state index in [1.807, 2.05) is 19.1 Å². The first-order chi connectivity index (χ1) is 16.0. The fourth-order valence-electron chi connectivity index (χ4n) is 3.98. The van der Waals surface area contributed by atoms with E-state index in [1.165, 1.54) is 5.56 Å². The Labute approximate surface area is 193 Å². The molecule has 3 aromatic rings. The van der Waals surface area contributed by atoms with E-state index in [0.717, 1.165) is 49.5 Å². The molecule has 0 bridgehead atoms. The molecule has 3 heterocycles. The van der Waals surface area contributed by atoms with Gasteiger partial charge in [-0.05, 0) is 51.9 Å². The number of aryl methyl sites for hydroxylation is 2. The zero-order chi connectivity index (χ0) is 23.2. The van der Waals surface area contributed by atoms with Gasteiger partial charge in [0.15, 0.2) is 5.82 Å². The van der Waals surface area contributed by atoms with Gasteiger partial charge in [0.25, 0.3) is 5.89 Å². The standard InChI is InChI=1S/C24H31N5O4/c1-16-4-6-19(7-5-16)24-26-20(17(2)32-24)14-29-12-9-18(10-13-29)23(30)25-11-8-21-27-22(15-31-3)33-28-21/h4-7,18H,8-15H2,1-3H3,(H,25,30). The number of piperidine rings is 1. The number of methoxy groups -OCH3 is 1. The molecule has 0 saturated carbocycles. The van der Waals surface area contributed by atoms with E-state index in [9.17, 15) is 4.79 Å². The van der Waals surface area contributed by atoms with Crippen molar-refractivity contribution in [3.63, 3.8) is 0 Å². The number of benzene rings is 1. The van der Waals surface area contributed by atoms with Crippen LogP contribution in [0.1, 0.15) is 41.6 Å². The molecule has 2 aromatic heterocycles. The van der Waals surface area contributed by atoms with Crippen LogP contribution in [0.5, 0.6) is 0 Å². The van der Waals surface area contributed by atoms with E-state index < -0.39 is 0 Å². The fraction of sp³-hybridized carbons (Fsp3) is 0.500. The number of amides is 1. The number of oxazole rings is 1. The normalized spacial score (nSPS) is 15.1. The summed E-state index contributed by atoms with van der Waals surface area (Å²) in [7, 11) is 1.57. The van der Waals surface area contributed by atoms with Gasteiger partial charge in [-0.1, -0.05) is 22.9 Å². The molecule has 1 saturated heterocycles. The van der Waals surface area contributed by atoms with Crippen LogP contribution in [0.4, 0.5) is 0 Å². The van der Waals surface area contributed by atoms with Crippen LogP contribution in [0.25, 0.3) is 11.5 Å². The van der Waals surface area contributed by atoms with Crippen LogP contribution >= 0.6 is 0 Å². The summed E-state index contributed by atoms with van der Waals surface area (Å²) >= 11 is 0. The van der Waals surface area contributed by atoms with Crippen molar-refractivity contribution in [1.29, 1.82) is 0 Å². The number of likely N-dealkylation sites (tertiary alicyclic amines) is 1. The second kappa shape index (κ2) is 10.7. The predicted octanol–water partition coefficient (Wildman–Crippen LogP) is 3.06. The highest BCUT2D eigenvalue weighted by atomic mass is 16.5. The van der Waals surface area contributed by atoms with Crippen LogP contribution in [-0.4, -0.2) is 52.7 Å². The van der Waals surface area contributed by atoms with E-state index >= 15 is 0 Å². The van der Waals surface area contributed by atoms with Gasteiger partial charge < -0.3 is 19.0 Å². The van der Waals surface area contributed by atoms with E-state index in [-0.39, 0.29) is 11.8 Å². The van der Waals surface area contributed by atoms with Gasteiger partial charge in [0.1, 0.15) is 12.4 Å². The van der Waals surface area contributed by atoms with Crippen molar-refractivity contribution in [3.8, 4) is 11.5 Å². The number of carbonyl (C=O) groups is 1. The number of ether oxygens (including phenoxy) is 1. The van der Waals surface area contributed by atoms with Gasteiger partial charge in [0.05, 0.1) is 5.69 Å². The molecule has 0 spiro atoms. The Balaban J connectivity index is 1.22. The van der Waals surface area contributed by atoms with Gasteiger partial charge in [0.2, 0.25) is 11.8 Å². The molecule has 33 heavy (non-hydrogen) atoms. The number of hydrogen-bond acceptors (Lipinski definition) is 8. The van der Waals surface area contributed by atoms with E-state index in [4.69, 9.17) is 18.7 Å². The number of aromatic nitrogens is 3. The van der Waals surface area contributed by atoms with Gasteiger partial charge in [0, 0.05) is 38.1 Å². The summed E-state index contributed by atoms with van der Waals surface area (Å²) in [6.07, 6.45) is 2.19. The van der Waals surface area contributed by atoms with Gasteiger partial charge in [-0.15, -0.1) is 0 Å². The maximum absolute atomic E-state index is 12.6. The minimum absolute atomic E-state index is 0.0251. The summed E-state index contributed by atoms with van der Waals surface area (Å²) in [6.45, 7) is 7.25. The third-order valence-electron chi connectivity index (χ3n) is 5.95. The summed E-state index contributed by atoms with van der Waals surface area (Å²) in [4.78, 5) is 23.8. The minimum Gasteiger partial charge on any atom is -0.441 e. The van der Waals surface area contributed by atoms with Crippen LogP contribution in [-0.2, 0) is 29.1 Å². The summed E-state index contributed by atoms with van der Waals surface area (Å²) < 4.78 is 15.9. The molecule has 0 aliphatic carbocycles. The second-order valence-corrected chi connectivity index (χ2v) is 8.52. The smallest absolute Gasteiger partial charge is 0.252 e. The summed E-state index contributed by atoms with van der Waals surface area (Å²) in [5.74, 6) is 2.64. The number of nitrogens with one attached hydrogen (secondary N) is 1. The Morgan fingerprint density at radius 2 is 1.94 bits per heavy atom. The fourth-order valence-corrected chi connectivity index (χ4v) is 3.98. The number of nitrogens with zero attached hydrogens (tertiary/aromatic N) is 4. The molecule has 0 atom stereocenters. The Bertz CT molecular complexity index is 1050. The molecule has 1 amide bonds. The highest BCUT2D eigenvalue weighted by molar-refractivity contribution is 5.78. The van der Waals surface area contributed by atoms with E-state index in [1.54, 1.807) is 7.11 Å². The zero-order valence-electron chi connectivity index (χ0n) is 19.5. The summed E-state index contributed by atoms with van der Waals surface area (Å²) in [6, 6.07) is 8.19. The zero-order valence-corrected chi connectivity index (χ0v) is 19.5. The molecule has 1 N–H and O–H groups in total. The third-order valence-corrected chi connectivity index (χ3v) is 5.95. The molecule has 0 unspecified atom stereocenters. The Kier molecular flexibility index (Phi) is 7.51. The average Bonchev–Trinajstić information content (AvgIpc) is 3.41. The lowest BCUT2D eigenvalue weighted by Gasteiger charge is -2.30. The van der Waals surface area contributed by atoms with Crippen LogP contribution < -0.4 is 5.32 Å². The molecule has 0 radical (unpaired) electrons.